The van der Waals surface area contributed by atoms with Crippen LogP contribution in [0.1, 0.15) is 23.2 Å². The molecule has 0 saturated carbocycles. The van der Waals surface area contributed by atoms with Gasteiger partial charge in [0.05, 0.1) is 11.7 Å². The van der Waals surface area contributed by atoms with Crippen LogP contribution >= 0.6 is 0 Å². The van der Waals surface area contributed by atoms with Crippen LogP contribution in [0, 0.1) is 5.82 Å². The van der Waals surface area contributed by atoms with Crippen LogP contribution in [-0.2, 0) is 4.74 Å². The van der Waals surface area contributed by atoms with Gasteiger partial charge in [0, 0.05) is 18.8 Å². The number of hydrogen-bond acceptors (Lipinski definition) is 3. The summed E-state index contributed by atoms with van der Waals surface area (Å²) in [4.78, 5) is 22.6. The van der Waals surface area contributed by atoms with Gasteiger partial charge in [-0.3, -0.25) is 4.79 Å². The SMILES string of the molecule is NC(=O)c1cc(NC(=O)NC[C@H]2CCCO2)ccc1F. The number of ether oxygens (including phenoxy) is 1. The van der Waals surface area contributed by atoms with Crippen molar-refractivity contribution >= 4 is 17.6 Å². The van der Waals surface area contributed by atoms with Gasteiger partial charge in [0.15, 0.2) is 0 Å². The molecule has 7 heteroatoms. The van der Waals surface area contributed by atoms with E-state index in [1.165, 1.54) is 12.1 Å². The van der Waals surface area contributed by atoms with Crippen molar-refractivity contribution in [3.05, 3.63) is 29.6 Å². The summed E-state index contributed by atoms with van der Waals surface area (Å²) in [7, 11) is 0. The van der Waals surface area contributed by atoms with E-state index < -0.39 is 17.8 Å². The molecule has 0 aromatic heterocycles. The second-order valence-corrected chi connectivity index (χ2v) is 4.53. The summed E-state index contributed by atoms with van der Waals surface area (Å²) in [6.45, 7) is 1.13. The third kappa shape index (κ3) is 3.67. The molecule has 1 aromatic carbocycles. The molecule has 2 rings (SSSR count). The van der Waals surface area contributed by atoms with Gasteiger partial charge in [-0.2, -0.15) is 0 Å². The zero-order chi connectivity index (χ0) is 14.5. The van der Waals surface area contributed by atoms with Gasteiger partial charge in [-0.1, -0.05) is 0 Å². The largest absolute Gasteiger partial charge is 0.376 e. The fraction of sp³-hybridized carbons (Fsp3) is 0.385. The van der Waals surface area contributed by atoms with Crippen molar-refractivity contribution < 1.29 is 18.7 Å². The fourth-order valence-electron chi connectivity index (χ4n) is 1.98. The second-order valence-electron chi connectivity index (χ2n) is 4.53. The number of anilines is 1. The van der Waals surface area contributed by atoms with E-state index in [0.717, 1.165) is 18.9 Å². The number of benzene rings is 1. The molecule has 1 aromatic rings. The summed E-state index contributed by atoms with van der Waals surface area (Å²) in [5.74, 6) is -1.60. The van der Waals surface area contributed by atoms with E-state index in [-0.39, 0.29) is 11.7 Å². The van der Waals surface area contributed by atoms with E-state index in [1.807, 2.05) is 0 Å². The number of urea groups is 1. The predicted octanol–water partition coefficient (Wildman–Crippen LogP) is 1.23. The maximum atomic E-state index is 13.3. The van der Waals surface area contributed by atoms with Crippen molar-refractivity contribution in [3.8, 4) is 0 Å². The van der Waals surface area contributed by atoms with E-state index in [2.05, 4.69) is 10.6 Å². The molecule has 1 saturated heterocycles. The first-order valence-corrected chi connectivity index (χ1v) is 6.32. The van der Waals surface area contributed by atoms with Crippen LogP contribution in [0.3, 0.4) is 0 Å². The van der Waals surface area contributed by atoms with Crippen molar-refractivity contribution in [1.29, 1.82) is 0 Å². The summed E-state index contributed by atoms with van der Waals surface area (Å²) < 4.78 is 18.6. The smallest absolute Gasteiger partial charge is 0.319 e. The maximum absolute atomic E-state index is 13.3. The van der Waals surface area contributed by atoms with Crippen molar-refractivity contribution in [2.75, 3.05) is 18.5 Å². The van der Waals surface area contributed by atoms with E-state index in [1.54, 1.807) is 0 Å². The van der Waals surface area contributed by atoms with Crippen LogP contribution in [0.5, 0.6) is 0 Å². The third-order valence-corrected chi connectivity index (χ3v) is 3.00. The molecule has 1 aliphatic heterocycles. The van der Waals surface area contributed by atoms with E-state index in [0.29, 0.717) is 18.8 Å². The molecule has 1 fully saturated rings. The van der Waals surface area contributed by atoms with Gasteiger partial charge in [0.1, 0.15) is 5.82 Å². The highest BCUT2D eigenvalue weighted by atomic mass is 19.1. The molecule has 0 aliphatic carbocycles. The van der Waals surface area contributed by atoms with E-state index in [4.69, 9.17) is 10.5 Å². The first-order chi connectivity index (χ1) is 9.56. The lowest BCUT2D eigenvalue weighted by atomic mass is 10.2. The summed E-state index contributed by atoms with van der Waals surface area (Å²) >= 11 is 0. The van der Waals surface area contributed by atoms with Gasteiger partial charge in [-0.15, -0.1) is 0 Å². The molecule has 3 amide bonds. The van der Waals surface area contributed by atoms with E-state index in [9.17, 15) is 14.0 Å². The average molecular weight is 281 g/mol. The van der Waals surface area contributed by atoms with Gasteiger partial charge in [-0.25, -0.2) is 9.18 Å². The molecule has 108 valence electrons. The molecule has 0 bridgehead atoms. The number of amides is 3. The quantitative estimate of drug-likeness (QED) is 0.774. The molecule has 1 heterocycles. The lowest BCUT2D eigenvalue weighted by molar-refractivity contribution is 0.0996. The Balaban J connectivity index is 1.90. The Bertz CT molecular complexity index is 516. The number of nitrogens with one attached hydrogen (secondary N) is 2. The number of nitrogens with two attached hydrogens (primary N) is 1. The minimum Gasteiger partial charge on any atom is -0.376 e. The predicted molar refractivity (Wildman–Crippen MR) is 70.9 cm³/mol. The Hall–Kier alpha value is -2.15. The van der Waals surface area contributed by atoms with Crippen molar-refractivity contribution in [1.82, 2.24) is 5.32 Å². The maximum Gasteiger partial charge on any atom is 0.319 e. The fourth-order valence-corrected chi connectivity index (χ4v) is 1.98. The van der Waals surface area contributed by atoms with Crippen molar-refractivity contribution in [2.24, 2.45) is 5.73 Å². The highest BCUT2D eigenvalue weighted by Crippen LogP contribution is 2.14. The minimum atomic E-state index is -0.883. The summed E-state index contributed by atoms with van der Waals surface area (Å²) in [5, 5.41) is 5.16. The number of halogens is 1. The topological polar surface area (TPSA) is 93.5 Å². The molecular weight excluding hydrogens is 265 g/mol. The Kier molecular flexibility index (Phi) is 4.52. The van der Waals surface area contributed by atoms with Crippen molar-refractivity contribution in [2.45, 2.75) is 18.9 Å². The Morgan fingerprint density at radius 2 is 2.25 bits per heavy atom. The Morgan fingerprint density at radius 3 is 2.90 bits per heavy atom. The number of carbonyl (C=O) groups is 2. The van der Waals surface area contributed by atoms with Gasteiger partial charge >= 0.3 is 6.03 Å². The number of rotatable bonds is 4. The molecule has 0 unspecified atom stereocenters. The standard InChI is InChI=1S/C13H16FN3O3/c14-11-4-3-8(6-10(11)12(15)18)17-13(19)16-7-9-2-1-5-20-9/h3-4,6,9H,1-2,5,7H2,(H2,15,18)(H2,16,17,19)/t9-/m1/s1. The molecule has 0 radical (unpaired) electrons. The third-order valence-electron chi connectivity index (χ3n) is 3.00. The van der Waals surface area contributed by atoms with Crippen molar-refractivity contribution in [3.63, 3.8) is 0 Å². The lowest BCUT2D eigenvalue weighted by Gasteiger charge is -2.12. The molecular formula is C13H16FN3O3. The van der Waals surface area contributed by atoms with Gasteiger partial charge in [0.25, 0.3) is 5.91 Å². The molecule has 4 N–H and O–H groups in total. The van der Waals surface area contributed by atoms with Crippen LogP contribution in [0.4, 0.5) is 14.9 Å². The second kappa shape index (κ2) is 6.33. The van der Waals surface area contributed by atoms with Crippen LogP contribution in [0.25, 0.3) is 0 Å². The average Bonchev–Trinajstić information content (AvgIpc) is 2.91. The first kappa shape index (κ1) is 14.3. The van der Waals surface area contributed by atoms with Gasteiger partial charge in [0.2, 0.25) is 0 Å². The minimum absolute atomic E-state index is 0.0372. The Morgan fingerprint density at radius 1 is 1.45 bits per heavy atom. The Labute approximate surface area is 115 Å². The van der Waals surface area contributed by atoms with Gasteiger partial charge < -0.3 is 21.1 Å². The summed E-state index contributed by atoms with van der Waals surface area (Å²) in [6, 6.07) is 3.19. The molecule has 1 aliphatic rings. The normalized spacial score (nSPS) is 17.8. The van der Waals surface area contributed by atoms with Crippen LogP contribution in [0.15, 0.2) is 18.2 Å². The number of primary amides is 1. The number of hydrogen-bond donors (Lipinski definition) is 3. The lowest BCUT2D eigenvalue weighted by Crippen LogP contribution is -2.35. The van der Waals surface area contributed by atoms with Crippen LogP contribution in [-0.4, -0.2) is 31.2 Å². The molecule has 0 spiro atoms. The molecule has 1 atom stereocenters. The highest BCUT2D eigenvalue weighted by molar-refractivity contribution is 5.96. The molecule has 20 heavy (non-hydrogen) atoms. The highest BCUT2D eigenvalue weighted by Gasteiger charge is 2.16. The van der Waals surface area contributed by atoms with Crippen LogP contribution in [0.2, 0.25) is 0 Å². The summed E-state index contributed by atoms with van der Waals surface area (Å²) in [6.07, 6.45) is 1.95. The molecule has 6 nitrogen and oxygen atoms in total. The first-order valence-electron chi connectivity index (χ1n) is 6.32. The van der Waals surface area contributed by atoms with Gasteiger partial charge in [-0.05, 0) is 31.0 Å². The zero-order valence-corrected chi connectivity index (χ0v) is 10.8. The monoisotopic (exact) mass is 281 g/mol. The van der Waals surface area contributed by atoms with E-state index >= 15 is 0 Å². The number of carbonyl (C=O) groups excluding carboxylic acids is 2. The zero-order valence-electron chi connectivity index (χ0n) is 10.8. The summed E-state index contributed by atoms with van der Waals surface area (Å²) in [5.41, 5.74) is 5.07. The van der Waals surface area contributed by atoms with Crippen LogP contribution < -0.4 is 16.4 Å².